The van der Waals surface area contributed by atoms with Crippen LogP contribution in [-0.2, 0) is 14.8 Å². The quantitative estimate of drug-likeness (QED) is 0.473. The van der Waals surface area contributed by atoms with E-state index in [1.54, 1.807) is 20.8 Å². The van der Waals surface area contributed by atoms with E-state index in [1.807, 2.05) is 11.8 Å². The minimum Gasteiger partial charge on any atom is -0.363 e. The third kappa shape index (κ3) is 5.92. The van der Waals surface area contributed by atoms with Gasteiger partial charge in [-0.05, 0) is 52.7 Å². The molecule has 1 heterocycles. The van der Waals surface area contributed by atoms with E-state index in [2.05, 4.69) is 14.9 Å². The first-order chi connectivity index (χ1) is 14.4. The fraction of sp³-hybridized carbons (Fsp3) is 0.650. The minimum absolute atomic E-state index is 0.0165. The van der Waals surface area contributed by atoms with E-state index in [-0.39, 0.29) is 22.5 Å². The van der Waals surface area contributed by atoms with E-state index in [9.17, 15) is 23.3 Å². The Labute approximate surface area is 183 Å². The summed E-state index contributed by atoms with van der Waals surface area (Å²) in [5.41, 5.74) is -0.565. The van der Waals surface area contributed by atoms with Gasteiger partial charge in [0.25, 0.3) is 5.69 Å². The molecule has 1 amide bonds. The van der Waals surface area contributed by atoms with Gasteiger partial charge in [0.15, 0.2) is 0 Å². The molecule has 3 rings (SSSR count). The van der Waals surface area contributed by atoms with Gasteiger partial charge >= 0.3 is 0 Å². The number of rotatable bonds is 7. The predicted octanol–water partition coefficient (Wildman–Crippen LogP) is 1.46. The lowest BCUT2D eigenvalue weighted by Crippen LogP contribution is -2.54. The first kappa shape index (κ1) is 23.4. The van der Waals surface area contributed by atoms with Crippen molar-refractivity contribution in [3.8, 4) is 0 Å². The Morgan fingerprint density at radius 1 is 1.19 bits per heavy atom. The molecule has 2 fully saturated rings. The normalized spacial score (nSPS) is 19.2. The van der Waals surface area contributed by atoms with Crippen molar-refractivity contribution in [1.29, 1.82) is 0 Å². The molecule has 10 nitrogen and oxygen atoms in total. The highest BCUT2D eigenvalue weighted by molar-refractivity contribution is 7.89. The fourth-order valence-corrected chi connectivity index (χ4v) is 5.05. The number of anilines is 1. The molecule has 0 aromatic heterocycles. The molecule has 1 aromatic rings. The van der Waals surface area contributed by atoms with Crippen LogP contribution >= 0.6 is 0 Å². The summed E-state index contributed by atoms with van der Waals surface area (Å²) in [5.74, 6) is 0.0165. The number of nitro groups is 1. The smallest absolute Gasteiger partial charge is 0.293 e. The maximum absolute atomic E-state index is 12.6. The highest BCUT2D eigenvalue weighted by Gasteiger charge is 2.32. The molecule has 1 saturated heterocycles. The summed E-state index contributed by atoms with van der Waals surface area (Å²) in [7, 11) is -3.88. The van der Waals surface area contributed by atoms with Gasteiger partial charge in [-0.25, -0.2) is 13.1 Å². The zero-order chi connectivity index (χ0) is 23.0. The molecule has 1 aliphatic heterocycles. The molecule has 1 atom stereocenters. The monoisotopic (exact) mass is 453 g/mol. The van der Waals surface area contributed by atoms with Crippen LogP contribution in [-0.4, -0.2) is 67.9 Å². The molecule has 0 radical (unpaired) electrons. The maximum atomic E-state index is 12.6. The van der Waals surface area contributed by atoms with Crippen LogP contribution in [0.3, 0.4) is 0 Å². The van der Waals surface area contributed by atoms with Gasteiger partial charge in [0.05, 0.1) is 15.9 Å². The number of benzene rings is 1. The second kappa shape index (κ2) is 8.71. The standard InChI is InChI=1S/C20H31N5O5S/c1-14(19(26)21-15-5-6-15)23-9-11-24(12-10-23)17-8-7-16(13-18(17)25(27)28)31(29,30)22-20(2,3)4/h7-8,13-15,22H,5-6,9-12H2,1-4H3,(H,21,26). The molecular weight excluding hydrogens is 422 g/mol. The topological polar surface area (TPSA) is 125 Å². The van der Waals surface area contributed by atoms with Crippen LogP contribution in [0.4, 0.5) is 11.4 Å². The van der Waals surface area contributed by atoms with Crippen molar-refractivity contribution >= 4 is 27.3 Å². The van der Waals surface area contributed by atoms with Gasteiger partial charge in [-0.1, -0.05) is 0 Å². The van der Waals surface area contributed by atoms with Crippen LogP contribution in [0.15, 0.2) is 23.1 Å². The molecule has 1 unspecified atom stereocenters. The van der Waals surface area contributed by atoms with Gasteiger partial charge < -0.3 is 10.2 Å². The third-order valence-electron chi connectivity index (χ3n) is 5.40. The van der Waals surface area contributed by atoms with Crippen molar-refractivity contribution < 1.29 is 18.1 Å². The highest BCUT2D eigenvalue weighted by atomic mass is 32.2. The van der Waals surface area contributed by atoms with Crippen LogP contribution in [0.5, 0.6) is 0 Å². The lowest BCUT2D eigenvalue weighted by molar-refractivity contribution is -0.384. The van der Waals surface area contributed by atoms with E-state index in [1.165, 1.54) is 12.1 Å². The second-order valence-corrected chi connectivity index (χ2v) is 10.9. The Morgan fingerprint density at radius 2 is 1.81 bits per heavy atom. The van der Waals surface area contributed by atoms with E-state index in [0.717, 1.165) is 18.9 Å². The van der Waals surface area contributed by atoms with Crippen molar-refractivity contribution in [3.63, 3.8) is 0 Å². The van der Waals surface area contributed by atoms with Crippen LogP contribution < -0.4 is 14.9 Å². The van der Waals surface area contributed by atoms with Crippen molar-refractivity contribution in [2.45, 2.75) is 63.1 Å². The highest BCUT2D eigenvalue weighted by Crippen LogP contribution is 2.32. The summed E-state index contributed by atoms with van der Waals surface area (Å²) in [4.78, 5) is 27.2. The van der Waals surface area contributed by atoms with Crippen LogP contribution in [0.25, 0.3) is 0 Å². The SMILES string of the molecule is CC(C(=O)NC1CC1)N1CCN(c2ccc(S(=O)(=O)NC(C)(C)C)cc2[N+](=O)[O-])CC1. The number of nitro benzene ring substituents is 1. The van der Waals surface area contributed by atoms with Gasteiger partial charge in [-0.2, -0.15) is 0 Å². The number of nitrogens with one attached hydrogen (secondary N) is 2. The summed E-state index contributed by atoms with van der Waals surface area (Å²) >= 11 is 0. The molecule has 1 aromatic carbocycles. The Morgan fingerprint density at radius 3 is 2.32 bits per heavy atom. The van der Waals surface area contributed by atoms with Crippen molar-refractivity contribution in [1.82, 2.24) is 14.9 Å². The first-order valence-corrected chi connectivity index (χ1v) is 12.0. The van der Waals surface area contributed by atoms with Crippen LogP contribution in [0, 0.1) is 10.1 Å². The zero-order valence-electron chi connectivity index (χ0n) is 18.4. The lowest BCUT2D eigenvalue weighted by atomic mass is 10.1. The summed E-state index contributed by atoms with van der Waals surface area (Å²) in [5, 5.41) is 14.7. The number of piperazine rings is 1. The fourth-order valence-electron chi connectivity index (χ4n) is 3.61. The molecule has 1 saturated carbocycles. The summed E-state index contributed by atoms with van der Waals surface area (Å²) < 4.78 is 27.7. The van der Waals surface area contributed by atoms with Gasteiger partial charge in [-0.3, -0.25) is 19.8 Å². The Hall–Kier alpha value is -2.24. The van der Waals surface area contributed by atoms with E-state index >= 15 is 0 Å². The van der Waals surface area contributed by atoms with Crippen molar-refractivity contribution in [2.24, 2.45) is 0 Å². The second-order valence-electron chi connectivity index (χ2n) is 9.24. The summed E-state index contributed by atoms with van der Waals surface area (Å²) in [6.45, 7) is 9.18. The number of sulfonamides is 1. The first-order valence-electron chi connectivity index (χ1n) is 10.5. The number of hydrogen-bond donors (Lipinski definition) is 2. The number of carbonyl (C=O) groups excluding carboxylic acids is 1. The van der Waals surface area contributed by atoms with E-state index in [0.29, 0.717) is 37.9 Å². The van der Waals surface area contributed by atoms with Gasteiger partial charge in [0, 0.05) is 43.8 Å². The molecule has 1 aliphatic carbocycles. The number of amides is 1. The molecule has 0 bridgehead atoms. The third-order valence-corrected chi connectivity index (χ3v) is 7.16. The number of nitrogens with zero attached hydrogens (tertiary/aromatic N) is 3. The Bertz CT molecular complexity index is 947. The molecule has 172 valence electrons. The maximum Gasteiger partial charge on any atom is 0.293 e. The number of hydrogen-bond acceptors (Lipinski definition) is 7. The molecule has 11 heteroatoms. The molecular formula is C20H31N5O5S. The van der Waals surface area contributed by atoms with Crippen LogP contribution in [0.2, 0.25) is 0 Å². The summed E-state index contributed by atoms with van der Waals surface area (Å²) in [6, 6.07) is 4.06. The van der Waals surface area contributed by atoms with E-state index in [4.69, 9.17) is 0 Å². The molecule has 2 aliphatic rings. The Kier molecular flexibility index (Phi) is 6.59. The zero-order valence-corrected chi connectivity index (χ0v) is 19.2. The van der Waals surface area contributed by atoms with E-state index < -0.39 is 20.5 Å². The summed E-state index contributed by atoms with van der Waals surface area (Å²) in [6.07, 6.45) is 2.07. The average molecular weight is 454 g/mol. The molecule has 0 spiro atoms. The number of carbonyl (C=O) groups is 1. The van der Waals surface area contributed by atoms with Gasteiger partial charge in [0.1, 0.15) is 5.69 Å². The van der Waals surface area contributed by atoms with Gasteiger partial charge in [0.2, 0.25) is 15.9 Å². The van der Waals surface area contributed by atoms with Gasteiger partial charge in [-0.15, -0.1) is 0 Å². The van der Waals surface area contributed by atoms with Crippen LogP contribution in [0.1, 0.15) is 40.5 Å². The minimum atomic E-state index is -3.88. The largest absolute Gasteiger partial charge is 0.363 e. The molecule has 31 heavy (non-hydrogen) atoms. The Balaban J connectivity index is 1.73. The van der Waals surface area contributed by atoms with Crippen molar-refractivity contribution in [2.75, 3.05) is 31.1 Å². The lowest BCUT2D eigenvalue weighted by Gasteiger charge is -2.38. The molecule has 2 N–H and O–H groups in total. The predicted molar refractivity (Wildman–Crippen MR) is 118 cm³/mol. The van der Waals surface area contributed by atoms with Crippen molar-refractivity contribution in [3.05, 3.63) is 28.3 Å². The average Bonchev–Trinajstić information content (AvgIpc) is 3.49.